The van der Waals surface area contributed by atoms with Crippen molar-refractivity contribution < 1.29 is 9.53 Å². The van der Waals surface area contributed by atoms with Crippen molar-refractivity contribution >= 4 is 40.3 Å². The van der Waals surface area contributed by atoms with Crippen LogP contribution in [0.15, 0.2) is 49.1 Å². The van der Waals surface area contributed by atoms with Gasteiger partial charge < -0.3 is 30.5 Å². The molecule has 4 N–H and O–H groups in total. The zero-order valence-corrected chi connectivity index (χ0v) is 23.6. The van der Waals surface area contributed by atoms with Gasteiger partial charge in [-0.1, -0.05) is 18.7 Å². The van der Waals surface area contributed by atoms with Crippen molar-refractivity contribution in [2.45, 2.75) is 30.3 Å². The first-order chi connectivity index (χ1) is 18.7. The highest BCUT2D eigenvalue weighted by Gasteiger charge is 2.35. The molecule has 0 radical (unpaired) electrons. The van der Waals surface area contributed by atoms with Crippen LogP contribution in [0.25, 0.3) is 0 Å². The van der Waals surface area contributed by atoms with Gasteiger partial charge >= 0.3 is 0 Å². The van der Waals surface area contributed by atoms with E-state index in [9.17, 15) is 10.1 Å². The molecule has 2 aromatic rings. The summed E-state index contributed by atoms with van der Waals surface area (Å²) in [4.78, 5) is 18.9. The second kappa shape index (κ2) is 12.6. The summed E-state index contributed by atoms with van der Waals surface area (Å²) in [6.45, 7) is 5.86. The molecule has 10 nitrogen and oxygen atoms in total. The summed E-state index contributed by atoms with van der Waals surface area (Å²) in [6.07, 6.45) is 1.71. The number of halogens is 1. The Morgan fingerprint density at radius 2 is 2.03 bits per heavy atom. The Morgan fingerprint density at radius 3 is 2.69 bits per heavy atom. The molecule has 208 valence electrons. The predicted molar refractivity (Wildman–Crippen MR) is 158 cm³/mol. The van der Waals surface area contributed by atoms with Gasteiger partial charge in [0.1, 0.15) is 18.1 Å². The molecule has 0 aromatic heterocycles. The highest BCUT2D eigenvalue weighted by atomic mass is 35.5. The van der Waals surface area contributed by atoms with E-state index in [0.717, 1.165) is 30.9 Å². The zero-order chi connectivity index (χ0) is 28.1. The number of carbonyl (C=O) groups is 1. The van der Waals surface area contributed by atoms with E-state index in [1.54, 1.807) is 13.2 Å². The molecule has 39 heavy (non-hydrogen) atoms. The number of nitriles is 1. The molecule has 0 bridgehead atoms. The van der Waals surface area contributed by atoms with E-state index in [4.69, 9.17) is 16.3 Å². The molecule has 2 aliphatic rings. The van der Waals surface area contributed by atoms with Gasteiger partial charge in [-0.25, -0.2) is 0 Å². The molecule has 4 atom stereocenters. The molecule has 2 heterocycles. The molecule has 0 spiro atoms. The maximum Gasteiger partial charge on any atom is 0.247 e. The number of likely N-dealkylation sites (N-methyl/N-ethyl adjacent to an activating group) is 1. The lowest BCUT2D eigenvalue weighted by Gasteiger charge is -2.44. The minimum atomic E-state index is -0.320. The number of anilines is 4. The molecule has 2 saturated heterocycles. The van der Waals surface area contributed by atoms with Crippen molar-refractivity contribution in [3.63, 3.8) is 0 Å². The maximum absolute atomic E-state index is 12.4. The van der Waals surface area contributed by atoms with Crippen molar-refractivity contribution in [2.75, 3.05) is 68.7 Å². The molecule has 2 fully saturated rings. The van der Waals surface area contributed by atoms with E-state index >= 15 is 0 Å². The summed E-state index contributed by atoms with van der Waals surface area (Å²) in [5, 5.41) is 22.6. The number of hydrogen-bond donors (Lipinski definition) is 4. The Labute approximate surface area is 235 Å². The summed E-state index contributed by atoms with van der Waals surface area (Å²) in [6, 6.07) is 13.9. The standard InChI is InChI=1S/C28H37ClN8O2/c1-6-26(38)32-22-13-23(25(39-5)14-24(22)37-12-11-19(17-37)35(2)3)34-28-31-16-20(29)27(36(28)4)33-21-10-8-7-9-18(21)15-30/h6-10,13-14,19-20,27-28,31,33-34H,1,11-12,16-17H2,2-5H3,(H,32,38). The number of rotatable bonds is 9. The first-order valence-electron chi connectivity index (χ1n) is 12.9. The SMILES string of the molecule is C=CC(=O)Nc1cc(NC2NCC(Cl)C(Nc3ccccc3C#N)N2C)c(OC)cc1N1CCC(N(C)C)C1. The van der Waals surface area contributed by atoms with Crippen molar-refractivity contribution in [3.8, 4) is 11.8 Å². The van der Waals surface area contributed by atoms with E-state index in [-0.39, 0.29) is 23.7 Å². The van der Waals surface area contributed by atoms with Crippen molar-refractivity contribution in [2.24, 2.45) is 0 Å². The number of nitrogens with zero attached hydrogens (tertiary/aromatic N) is 4. The van der Waals surface area contributed by atoms with Crippen molar-refractivity contribution in [3.05, 3.63) is 54.6 Å². The fourth-order valence-corrected chi connectivity index (χ4v) is 5.36. The van der Waals surface area contributed by atoms with Gasteiger partial charge in [-0.15, -0.1) is 11.6 Å². The third kappa shape index (κ3) is 6.40. The van der Waals surface area contributed by atoms with Crippen LogP contribution in [-0.4, -0.2) is 87.5 Å². The number of carbonyl (C=O) groups excluding carboxylic acids is 1. The monoisotopic (exact) mass is 552 g/mol. The largest absolute Gasteiger partial charge is 0.495 e. The number of hydrogen-bond acceptors (Lipinski definition) is 9. The lowest BCUT2D eigenvalue weighted by atomic mass is 10.1. The van der Waals surface area contributed by atoms with E-state index in [1.165, 1.54) is 6.08 Å². The van der Waals surface area contributed by atoms with Gasteiger partial charge in [0.2, 0.25) is 5.91 Å². The number of benzene rings is 2. The van der Waals surface area contributed by atoms with E-state index < -0.39 is 0 Å². The molecule has 2 aliphatic heterocycles. The lowest BCUT2D eigenvalue weighted by molar-refractivity contribution is -0.111. The Morgan fingerprint density at radius 1 is 1.26 bits per heavy atom. The van der Waals surface area contributed by atoms with Crippen LogP contribution in [0, 0.1) is 11.3 Å². The fourth-order valence-electron chi connectivity index (χ4n) is 5.03. The Balaban J connectivity index is 1.61. The number of para-hydroxylation sites is 1. The van der Waals surface area contributed by atoms with Crippen LogP contribution in [0.5, 0.6) is 5.75 Å². The molecule has 1 amide bonds. The second-order valence-electron chi connectivity index (χ2n) is 10.00. The van der Waals surface area contributed by atoms with Crippen LogP contribution in [-0.2, 0) is 4.79 Å². The normalized spacial score (nSPS) is 23.3. The number of nitrogens with one attached hydrogen (secondary N) is 4. The molecular formula is C28H37ClN8O2. The molecule has 0 saturated carbocycles. The number of alkyl halides is 1. The minimum absolute atomic E-state index is 0.258. The summed E-state index contributed by atoms with van der Waals surface area (Å²) in [5.41, 5.74) is 3.55. The summed E-state index contributed by atoms with van der Waals surface area (Å²) < 4.78 is 5.80. The van der Waals surface area contributed by atoms with Crippen LogP contribution in [0.2, 0.25) is 0 Å². The molecule has 4 unspecified atom stereocenters. The van der Waals surface area contributed by atoms with E-state index in [2.05, 4.69) is 57.8 Å². The molecular weight excluding hydrogens is 516 g/mol. The Bertz CT molecular complexity index is 1230. The highest BCUT2D eigenvalue weighted by molar-refractivity contribution is 6.21. The molecule has 2 aromatic carbocycles. The predicted octanol–water partition coefficient (Wildman–Crippen LogP) is 3.11. The number of amides is 1. The van der Waals surface area contributed by atoms with E-state index in [0.29, 0.717) is 35.3 Å². The van der Waals surface area contributed by atoms with Gasteiger partial charge in [-0.2, -0.15) is 5.26 Å². The molecule has 0 aliphatic carbocycles. The van der Waals surface area contributed by atoms with Gasteiger partial charge in [0, 0.05) is 31.7 Å². The van der Waals surface area contributed by atoms with Gasteiger partial charge in [0.15, 0.2) is 0 Å². The minimum Gasteiger partial charge on any atom is -0.495 e. The van der Waals surface area contributed by atoms with Gasteiger partial charge in [-0.05, 0) is 51.8 Å². The van der Waals surface area contributed by atoms with Crippen LogP contribution in [0.3, 0.4) is 0 Å². The quantitative estimate of drug-likeness (QED) is 0.276. The average Bonchev–Trinajstić information content (AvgIpc) is 3.43. The van der Waals surface area contributed by atoms with Crippen molar-refractivity contribution in [1.82, 2.24) is 15.1 Å². The highest BCUT2D eigenvalue weighted by Crippen LogP contribution is 2.39. The summed E-state index contributed by atoms with van der Waals surface area (Å²) in [7, 11) is 7.75. The first kappa shape index (κ1) is 28.5. The summed E-state index contributed by atoms with van der Waals surface area (Å²) in [5.74, 6) is 0.367. The topological polar surface area (TPSA) is 108 Å². The fraction of sp³-hybridized carbons (Fsp3) is 0.429. The van der Waals surface area contributed by atoms with Crippen LogP contribution in [0.1, 0.15) is 12.0 Å². The first-order valence-corrected chi connectivity index (χ1v) is 13.4. The Kier molecular flexibility index (Phi) is 9.20. The van der Waals surface area contributed by atoms with E-state index in [1.807, 2.05) is 42.3 Å². The van der Waals surface area contributed by atoms with Crippen LogP contribution < -0.4 is 30.9 Å². The van der Waals surface area contributed by atoms with Gasteiger partial charge in [-0.3, -0.25) is 15.0 Å². The van der Waals surface area contributed by atoms with Crippen molar-refractivity contribution in [1.29, 1.82) is 5.26 Å². The Hall–Kier alpha value is -3.49. The third-order valence-corrected chi connectivity index (χ3v) is 7.73. The lowest BCUT2D eigenvalue weighted by Crippen LogP contribution is -2.65. The maximum atomic E-state index is 12.4. The van der Waals surface area contributed by atoms with Gasteiger partial charge in [0.05, 0.1) is 47.0 Å². The average molecular weight is 553 g/mol. The number of ether oxygens (including phenoxy) is 1. The molecule has 4 rings (SSSR count). The summed E-state index contributed by atoms with van der Waals surface area (Å²) >= 11 is 6.71. The third-order valence-electron chi connectivity index (χ3n) is 7.33. The van der Waals surface area contributed by atoms with Crippen LogP contribution in [0.4, 0.5) is 22.7 Å². The van der Waals surface area contributed by atoms with Gasteiger partial charge in [0.25, 0.3) is 0 Å². The molecule has 11 heteroatoms. The second-order valence-corrected chi connectivity index (χ2v) is 10.6. The smallest absolute Gasteiger partial charge is 0.247 e. The zero-order valence-electron chi connectivity index (χ0n) is 22.9. The number of methoxy groups -OCH3 is 1. The van der Waals surface area contributed by atoms with Crippen LogP contribution >= 0.6 is 11.6 Å².